The number of anilines is 2. The van der Waals surface area contributed by atoms with Crippen LogP contribution >= 0.6 is 11.8 Å². The van der Waals surface area contributed by atoms with Crippen molar-refractivity contribution in [1.29, 1.82) is 5.26 Å². The molecule has 0 saturated heterocycles. The summed E-state index contributed by atoms with van der Waals surface area (Å²) in [5, 5.41) is 20.1. The molecule has 2 amide bonds. The van der Waals surface area contributed by atoms with E-state index in [9.17, 15) is 14.9 Å². The minimum Gasteiger partial charge on any atom is -0.353 e. The largest absolute Gasteiger partial charge is 0.353 e. The summed E-state index contributed by atoms with van der Waals surface area (Å²) in [6.45, 7) is 5.81. The molecular weight excluding hydrogens is 492 g/mol. The lowest BCUT2D eigenvalue weighted by Gasteiger charge is -2.30. The van der Waals surface area contributed by atoms with Crippen molar-refractivity contribution in [3.05, 3.63) is 117 Å². The molecule has 3 N–H and O–H groups in total. The van der Waals surface area contributed by atoms with Crippen LogP contribution in [-0.2, 0) is 16.0 Å². The van der Waals surface area contributed by atoms with Gasteiger partial charge >= 0.3 is 0 Å². The number of hydrogen-bond donors (Lipinski definition) is 3. The van der Waals surface area contributed by atoms with E-state index in [4.69, 9.17) is 0 Å². The predicted molar refractivity (Wildman–Crippen MR) is 154 cm³/mol. The SMILES string of the molecule is CCc1ccccc1NC(=O)CSC1=C(C#N)[C@H](c2ccccc2)C(C(=O)Nc2ccccc2C)=C(C)N1. The molecule has 0 bridgehead atoms. The fraction of sp³-hybridized carbons (Fsp3) is 0.194. The van der Waals surface area contributed by atoms with Gasteiger partial charge in [0.15, 0.2) is 0 Å². The normalized spacial score (nSPS) is 14.9. The first-order valence-electron chi connectivity index (χ1n) is 12.5. The third-order valence-electron chi connectivity index (χ3n) is 6.44. The summed E-state index contributed by atoms with van der Waals surface area (Å²) in [7, 11) is 0. The smallest absolute Gasteiger partial charge is 0.254 e. The Balaban J connectivity index is 1.62. The van der Waals surface area contributed by atoms with Crippen molar-refractivity contribution in [2.24, 2.45) is 0 Å². The van der Waals surface area contributed by atoms with Gasteiger partial charge in [-0.2, -0.15) is 5.26 Å². The van der Waals surface area contributed by atoms with Crippen molar-refractivity contribution in [3.63, 3.8) is 0 Å². The first-order chi connectivity index (χ1) is 18.4. The number of amides is 2. The summed E-state index contributed by atoms with van der Waals surface area (Å²) in [6, 6.07) is 27.1. The highest BCUT2D eigenvalue weighted by molar-refractivity contribution is 8.03. The molecule has 6 nitrogen and oxygen atoms in total. The first kappa shape index (κ1) is 26.8. The van der Waals surface area contributed by atoms with Crippen molar-refractivity contribution in [3.8, 4) is 6.07 Å². The van der Waals surface area contributed by atoms with Gasteiger partial charge in [0, 0.05) is 22.6 Å². The number of para-hydroxylation sites is 2. The Morgan fingerprint density at radius 1 is 0.921 bits per heavy atom. The number of rotatable bonds is 8. The van der Waals surface area contributed by atoms with Crippen molar-refractivity contribution >= 4 is 35.0 Å². The van der Waals surface area contributed by atoms with E-state index in [-0.39, 0.29) is 17.6 Å². The Morgan fingerprint density at radius 3 is 2.26 bits per heavy atom. The van der Waals surface area contributed by atoms with E-state index in [0.717, 1.165) is 34.5 Å². The number of nitrogens with one attached hydrogen (secondary N) is 3. The molecule has 0 saturated carbocycles. The van der Waals surface area contributed by atoms with Gasteiger partial charge in [-0.05, 0) is 49.1 Å². The van der Waals surface area contributed by atoms with Crippen molar-refractivity contribution < 1.29 is 9.59 Å². The van der Waals surface area contributed by atoms with Gasteiger partial charge < -0.3 is 16.0 Å². The van der Waals surface area contributed by atoms with Crippen LogP contribution in [0.25, 0.3) is 0 Å². The minimum atomic E-state index is -0.571. The molecule has 192 valence electrons. The number of allylic oxidation sites excluding steroid dienone is 2. The third-order valence-corrected chi connectivity index (χ3v) is 7.46. The monoisotopic (exact) mass is 522 g/mol. The van der Waals surface area contributed by atoms with Crippen LogP contribution in [0.4, 0.5) is 11.4 Å². The van der Waals surface area contributed by atoms with Crippen molar-refractivity contribution in [1.82, 2.24) is 5.32 Å². The van der Waals surface area contributed by atoms with E-state index in [2.05, 4.69) is 22.0 Å². The molecule has 1 heterocycles. The Hall–Kier alpha value is -4.28. The van der Waals surface area contributed by atoms with Gasteiger partial charge in [0.25, 0.3) is 5.91 Å². The van der Waals surface area contributed by atoms with Gasteiger partial charge in [-0.15, -0.1) is 0 Å². The highest BCUT2D eigenvalue weighted by Gasteiger charge is 2.35. The van der Waals surface area contributed by atoms with E-state index < -0.39 is 5.92 Å². The number of carbonyl (C=O) groups excluding carboxylic acids is 2. The van der Waals surface area contributed by atoms with Crippen LogP contribution in [-0.4, -0.2) is 17.6 Å². The van der Waals surface area contributed by atoms with Crippen LogP contribution in [0.5, 0.6) is 0 Å². The van der Waals surface area contributed by atoms with Gasteiger partial charge in [0.1, 0.15) is 0 Å². The Bertz CT molecular complexity index is 1450. The molecule has 3 aromatic rings. The highest BCUT2D eigenvalue weighted by atomic mass is 32.2. The molecule has 0 fully saturated rings. The fourth-order valence-electron chi connectivity index (χ4n) is 4.48. The maximum Gasteiger partial charge on any atom is 0.254 e. The summed E-state index contributed by atoms with van der Waals surface area (Å²) in [5.41, 5.74) is 5.87. The molecule has 7 heteroatoms. The van der Waals surface area contributed by atoms with Gasteiger partial charge in [-0.3, -0.25) is 9.59 Å². The number of aryl methyl sites for hydroxylation is 2. The van der Waals surface area contributed by atoms with E-state index >= 15 is 0 Å². The lowest BCUT2D eigenvalue weighted by molar-refractivity contribution is -0.114. The van der Waals surface area contributed by atoms with Gasteiger partial charge in [-0.25, -0.2) is 0 Å². The molecule has 1 aliphatic heterocycles. The molecule has 0 aliphatic carbocycles. The standard InChI is InChI=1S/C31H30N4O2S/c1-4-22-13-9-11-17-26(22)34-27(36)19-38-31-24(18-32)29(23-14-6-5-7-15-23)28(21(3)33-31)30(37)35-25-16-10-8-12-20(25)2/h5-17,29,33H,4,19H2,1-3H3,(H,34,36)(H,35,37)/t29-/m0/s1. The first-order valence-corrected chi connectivity index (χ1v) is 13.5. The van der Waals surface area contributed by atoms with Crippen LogP contribution < -0.4 is 16.0 Å². The van der Waals surface area contributed by atoms with Crippen LogP contribution in [0.15, 0.2) is 101 Å². The number of thioether (sulfide) groups is 1. The second-order valence-electron chi connectivity index (χ2n) is 8.98. The van der Waals surface area contributed by atoms with Gasteiger partial charge in [0.2, 0.25) is 5.91 Å². The number of benzene rings is 3. The van der Waals surface area contributed by atoms with Crippen LogP contribution in [0.1, 0.15) is 36.5 Å². The predicted octanol–water partition coefficient (Wildman–Crippen LogP) is 6.26. The quantitative estimate of drug-likeness (QED) is 0.324. The average molecular weight is 523 g/mol. The van der Waals surface area contributed by atoms with Gasteiger partial charge in [0.05, 0.1) is 28.3 Å². The number of hydrogen-bond acceptors (Lipinski definition) is 5. The third kappa shape index (κ3) is 5.99. The lowest BCUT2D eigenvalue weighted by Crippen LogP contribution is -2.31. The van der Waals surface area contributed by atoms with Crippen molar-refractivity contribution in [2.75, 3.05) is 16.4 Å². The summed E-state index contributed by atoms with van der Waals surface area (Å²) in [6.07, 6.45) is 0.810. The molecule has 4 rings (SSSR count). The summed E-state index contributed by atoms with van der Waals surface area (Å²) in [5.74, 6) is -0.893. The van der Waals surface area contributed by atoms with Crippen LogP contribution in [0.3, 0.4) is 0 Å². The van der Waals surface area contributed by atoms with Crippen molar-refractivity contribution in [2.45, 2.75) is 33.1 Å². The molecular formula is C31H30N4O2S. The van der Waals surface area contributed by atoms with Gasteiger partial charge in [-0.1, -0.05) is 85.4 Å². The molecule has 3 aromatic carbocycles. The summed E-state index contributed by atoms with van der Waals surface area (Å²) in [4.78, 5) is 26.4. The summed E-state index contributed by atoms with van der Waals surface area (Å²) < 4.78 is 0. The van der Waals surface area contributed by atoms with E-state index in [1.807, 2.05) is 99.6 Å². The highest BCUT2D eigenvalue weighted by Crippen LogP contribution is 2.41. The number of dihydropyridines is 1. The maximum absolute atomic E-state index is 13.6. The molecule has 0 aromatic heterocycles. The molecule has 1 aliphatic rings. The number of nitrogens with zero attached hydrogens (tertiary/aromatic N) is 1. The van der Waals surface area contributed by atoms with Crippen LogP contribution in [0.2, 0.25) is 0 Å². The molecule has 0 spiro atoms. The number of carbonyl (C=O) groups is 2. The second kappa shape index (κ2) is 12.3. The Morgan fingerprint density at radius 2 is 1.58 bits per heavy atom. The zero-order valence-electron chi connectivity index (χ0n) is 21.7. The molecule has 38 heavy (non-hydrogen) atoms. The second-order valence-corrected chi connectivity index (χ2v) is 9.96. The van der Waals surface area contributed by atoms with E-state index in [1.54, 1.807) is 0 Å². The Labute approximate surface area is 227 Å². The number of nitriles is 1. The molecule has 1 atom stereocenters. The van der Waals surface area contributed by atoms with E-state index in [0.29, 0.717) is 21.9 Å². The maximum atomic E-state index is 13.6. The topological polar surface area (TPSA) is 94.0 Å². The zero-order chi connectivity index (χ0) is 27.1. The molecule has 0 radical (unpaired) electrons. The molecule has 0 unspecified atom stereocenters. The fourth-order valence-corrected chi connectivity index (χ4v) is 5.38. The Kier molecular flexibility index (Phi) is 8.67. The summed E-state index contributed by atoms with van der Waals surface area (Å²) >= 11 is 1.26. The lowest BCUT2D eigenvalue weighted by atomic mass is 9.82. The van der Waals surface area contributed by atoms with E-state index in [1.165, 1.54) is 11.8 Å². The average Bonchev–Trinajstić information content (AvgIpc) is 2.93. The zero-order valence-corrected chi connectivity index (χ0v) is 22.5. The van der Waals surface area contributed by atoms with Crippen LogP contribution in [0, 0.1) is 18.3 Å². The minimum absolute atomic E-state index is 0.116.